The summed E-state index contributed by atoms with van der Waals surface area (Å²) < 4.78 is 1.99. The van der Waals surface area contributed by atoms with Crippen LogP contribution in [0.1, 0.15) is 37.0 Å². The fourth-order valence-electron chi connectivity index (χ4n) is 1.61. The molecule has 0 bridgehead atoms. The first-order chi connectivity index (χ1) is 7.61. The summed E-state index contributed by atoms with van der Waals surface area (Å²) in [5.41, 5.74) is 2.52. The molecule has 0 unspecified atom stereocenters. The zero-order valence-electron chi connectivity index (χ0n) is 10.5. The Bertz CT molecular complexity index is 512. The van der Waals surface area contributed by atoms with Crippen LogP contribution in [0.15, 0.2) is 18.2 Å². The largest absolute Gasteiger partial charge is 0.331 e. The van der Waals surface area contributed by atoms with Crippen molar-refractivity contribution in [1.29, 1.82) is 0 Å². The van der Waals surface area contributed by atoms with E-state index in [0.717, 1.165) is 16.9 Å². The van der Waals surface area contributed by atoms with E-state index >= 15 is 0 Å². The third-order valence-corrected chi connectivity index (χ3v) is 2.51. The van der Waals surface area contributed by atoms with E-state index in [1.54, 1.807) is 6.92 Å². The predicted octanol–water partition coefficient (Wildman–Crippen LogP) is 3.11. The van der Waals surface area contributed by atoms with E-state index in [0.29, 0.717) is 5.56 Å². The van der Waals surface area contributed by atoms with Gasteiger partial charge in [-0.25, -0.2) is 4.98 Å². The number of Topliss-reactive ketones (excluding diaryl/α,β-unsaturated/α-hetero) is 1. The minimum Gasteiger partial charge on any atom is -0.331 e. The van der Waals surface area contributed by atoms with Gasteiger partial charge in [0.05, 0.1) is 11.0 Å². The zero-order chi connectivity index (χ0) is 12.3. The van der Waals surface area contributed by atoms with Crippen LogP contribution < -0.4 is 0 Å². The number of para-hydroxylation sites is 1. The van der Waals surface area contributed by atoms with Crippen molar-refractivity contribution in [3.05, 3.63) is 29.6 Å². The van der Waals surface area contributed by atoms with E-state index in [1.165, 1.54) is 0 Å². The Balaban J connectivity index is 0.000000606. The fourth-order valence-corrected chi connectivity index (χ4v) is 1.61. The smallest absolute Gasteiger partial charge is 0.162 e. The maximum atomic E-state index is 11.3. The average molecular weight is 218 g/mol. The van der Waals surface area contributed by atoms with E-state index in [1.807, 2.05) is 50.6 Å². The molecule has 1 aromatic carbocycles. The predicted molar refractivity (Wildman–Crippen MR) is 66.8 cm³/mol. The van der Waals surface area contributed by atoms with Crippen LogP contribution in [-0.2, 0) is 7.05 Å². The number of nitrogens with zero attached hydrogens (tertiary/aromatic N) is 2. The molecule has 86 valence electrons. The maximum Gasteiger partial charge on any atom is 0.162 e. The van der Waals surface area contributed by atoms with Gasteiger partial charge in [0, 0.05) is 12.6 Å². The highest BCUT2D eigenvalue weighted by atomic mass is 16.1. The lowest BCUT2D eigenvalue weighted by Crippen LogP contribution is -1.93. The van der Waals surface area contributed by atoms with Crippen LogP contribution in [0, 0.1) is 6.92 Å². The van der Waals surface area contributed by atoms with E-state index in [4.69, 9.17) is 0 Å². The summed E-state index contributed by atoms with van der Waals surface area (Å²) in [5.74, 6) is 0.988. The van der Waals surface area contributed by atoms with Gasteiger partial charge in [0.1, 0.15) is 5.82 Å². The van der Waals surface area contributed by atoms with Gasteiger partial charge >= 0.3 is 0 Å². The van der Waals surface area contributed by atoms with Gasteiger partial charge in [-0.3, -0.25) is 4.79 Å². The first kappa shape index (κ1) is 12.4. The molecule has 2 aromatic rings. The van der Waals surface area contributed by atoms with Crippen molar-refractivity contribution < 1.29 is 4.79 Å². The third kappa shape index (κ3) is 1.98. The number of carbonyl (C=O) groups excluding carboxylic acids is 1. The molecule has 0 amide bonds. The lowest BCUT2D eigenvalue weighted by atomic mass is 10.1. The second-order valence-corrected chi connectivity index (χ2v) is 3.45. The highest BCUT2D eigenvalue weighted by Crippen LogP contribution is 2.18. The summed E-state index contributed by atoms with van der Waals surface area (Å²) in [6.07, 6.45) is 0. The molecule has 0 saturated carbocycles. The monoisotopic (exact) mass is 218 g/mol. The summed E-state index contributed by atoms with van der Waals surface area (Å²) in [7, 11) is 1.95. The summed E-state index contributed by atoms with van der Waals surface area (Å²) in [4.78, 5) is 15.7. The van der Waals surface area contributed by atoms with Crippen molar-refractivity contribution in [3.8, 4) is 0 Å². The number of aryl methyl sites for hydroxylation is 2. The minimum absolute atomic E-state index is 0.0636. The molecule has 16 heavy (non-hydrogen) atoms. The normalized spacial score (nSPS) is 9.81. The van der Waals surface area contributed by atoms with Gasteiger partial charge in [-0.1, -0.05) is 19.9 Å². The minimum atomic E-state index is 0.0636. The van der Waals surface area contributed by atoms with Gasteiger partial charge in [-0.05, 0) is 26.0 Å². The van der Waals surface area contributed by atoms with Gasteiger partial charge in [-0.15, -0.1) is 0 Å². The maximum absolute atomic E-state index is 11.3. The number of carbonyl (C=O) groups is 1. The number of hydrogen-bond acceptors (Lipinski definition) is 2. The van der Waals surface area contributed by atoms with Crippen LogP contribution in [0.3, 0.4) is 0 Å². The molecule has 0 fully saturated rings. The molecule has 0 radical (unpaired) electrons. The van der Waals surface area contributed by atoms with Crippen LogP contribution in [0.2, 0.25) is 0 Å². The van der Waals surface area contributed by atoms with Gasteiger partial charge in [0.2, 0.25) is 0 Å². The zero-order valence-corrected chi connectivity index (χ0v) is 10.5. The summed E-state index contributed by atoms with van der Waals surface area (Å²) in [6.45, 7) is 7.50. The Morgan fingerprint density at radius 3 is 2.50 bits per heavy atom. The standard InChI is InChI=1S/C11H12N2O.C2H6/c1-7(14)9-5-4-6-10-11(9)12-8(2)13(10)3;1-2/h4-6H,1-3H3;1-2H3. The number of imidazole rings is 1. The van der Waals surface area contributed by atoms with Crippen LogP contribution in [-0.4, -0.2) is 15.3 Å². The van der Waals surface area contributed by atoms with E-state index in [2.05, 4.69) is 4.98 Å². The second kappa shape index (κ2) is 4.92. The van der Waals surface area contributed by atoms with Crippen LogP contribution >= 0.6 is 0 Å². The molecule has 0 aliphatic carbocycles. The second-order valence-electron chi connectivity index (χ2n) is 3.45. The number of hydrogen-bond donors (Lipinski definition) is 0. The first-order valence-corrected chi connectivity index (χ1v) is 5.54. The number of aromatic nitrogens is 2. The number of benzene rings is 1. The van der Waals surface area contributed by atoms with Crippen LogP contribution in [0.25, 0.3) is 11.0 Å². The number of rotatable bonds is 1. The molecule has 0 aliphatic rings. The molecule has 0 atom stereocenters. The Morgan fingerprint density at radius 2 is 1.94 bits per heavy atom. The molecule has 2 rings (SSSR count). The van der Waals surface area contributed by atoms with Gasteiger partial charge in [0.25, 0.3) is 0 Å². The van der Waals surface area contributed by atoms with Crippen molar-refractivity contribution in [2.24, 2.45) is 7.05 Å². The number of fused-ring (bicyclic) bond motifs is 1. The van der Waals surface area contributed by atoms with E-state index in [9.17, 15) is 4.79 Å². The highest BCUT2D eigenvalue weighted by Gasteiger charge is 2.10. The molecule has 0 saturated heterocycles. The Kier molecular flexibility index (Phi) is 3.82. The first-order valence-electron chi connectivity index (χ1n) is 5.54. The molecular formula is C13H18N2O. The molecule has 0 spiro atoms. The quantitative estimate of drug-likeness (QED) is 0.689. The third-order valence-electron chi connectivity index (χ3n) is 2.51. The summed E-state index contributed by atoms with van der Waals surface area (Å²) in [5, 5.41) is 0. The van der Waals surface area contributed by atoms with Gasteiger partial charge in [-0.2, -0.15) is 0 Å². The molecule has 3 nitrogen and oxygen atoms in total. The van der Waals surface area contributed by atoms with Crippen molar-refractivity contribution >= 4 is 16.8 Å². The molecule has 1 heterocycles. The Morgan fingerprint density at radius 1 is 1.31 bits per heavy atom. The Hall–Kier alpha value is -1.64. The van der Waals surface area contributed by atoms with Crippen LogP contribution in [0.4, 0.5) is 0 Å². The highest BCUT2D eigenvalue weighted by molar-refractivity contribution is 6.04. The van der Waals surface area contributed by atoms with E-state index in [-0.39, 0.29) is 5.78 Å². The van der Waals surface area contributed by atoms with Crippen molar-refractivity contribution in [3.63, 3.8) is 0 Å². The summed E-state index contributed by atoms with van der Waals surface area (Å²) >= 11 is 0. The van der Waals surface area contributed by atoms with Crippen LogP contribution in [0.5, 0.6) is 0 Å². The van der Waals surface area contributed by atoms with Crippen molar-refractivity contribution in [1.82, 2.24) is 9.55 Å². The Labute approximate surface area is 96.1 Å². The average Bonchev–Trinajstić information content (AvgIpc) is 2.58. The number of ketones is 1. The molecule has 1 aromatic heterocycles. The van der Waals surface area contributed by atoms with Gasteiger partial charge in [0.15, 0.2) is 5.78 Å². The topological polar surface area (TPSA) is 34.9 Å². The fraction of sp³-hybridized carbons (Fsp3) is 0.385. The van der Waals surface area contributed by atoms with Crippen molar-refractivity contribution in [2.75, 3.05) is 0 Å². The van der Waals surface area contributed by atoms with E-state index < -0.39 is 0 Å². The van der Waals surface area contributed by atoms with Gasteiger partial charge < -0.3 is 4.57 Å². The lowest BCUT2D eigenvalue weighted by molar-refractivity contribution is 0.101. The van der Waals surface area contributed by atoms with Crippen molar-refractivity contribution in [2.45, 2.75) is 27.7 Å². The molecule has 0 aliphatic heterocycles. The SMILES string of the molecule is CC.CC(=O)c1cccc2c1nc(C)n2C. The lowest BCUT2D eigenvalue weighted by Gasteiger charge is -1.98. The molecule has 3 heteroatoms. The molecular weight excluding hydrogens is 200 g/mol. The molecule has 0 N–H and O–H groups in total. The summed E-state index contributed by atoms with van der Waals surface area (Å²) in [6, 6.07) is 5.68.